The van der Waals surface area contributed by atoms with Gasteiger partial charge >= 0.3 is 0 Å². The van der Waals surface area contributed by atoms with Crippen LogP contribution in [-0.2, 0) is 22.0 Å². The number of likely N-dealkylation sites (N-methyl/N-ethyl adjacent to an activating group) is 2. The molecule has 0 spiro atoms. The molecule has 9 heteroatoms. The SMILES string of the molecule is CN(C)CCN.CN(C)CCN.O=N[O-].[Ni].[OH3+]. The minimum atomic E-state index is 0. The van der Waals surface area contributed by atoms with Gasteiger partial charge in [-0.15, -0.1) is 5.34 Å². The molecule has 0 aromatic rings. The summed E-state index contributed by atoms with van der Waals surface area (Å²) in [6, 6.07) is 0. The van der Waals surface area contributed by atoms with E-state index in [4.69, 9.17) is 21.6 Å². The Kier molecular flexibility index (Phi) is 52.4. The third kappa shape index (κ3) is 90.8. The molecule has 0 amide bonds. The summed E-state index contributed by atoms with van der Waals surface area (Å²) in [4.78, 5) is 12.1. The number of nitrogens with two attached hydrogens (primary N) is 2. The van der Waals surface area contributed by atoms with Gasteiger partial charge in [0.15, 0.2) is 0 Å². The summed E-state index contributed by atoms with van der Waals surface area (Å²) >= 11 is 0. The summed E-state index contributed by atoms with van der Waals surface area (Å²) in [7, 11) is 8.03. The van der Waals surface area contributed by atoms with Crippen LogP contribution in [0.25, 0.3) is 0 Å². The zero-order valence-electron chi connectivity index (χ0n) is 11.0. The van der Waals surface area contributed by atoms with E-state index in [9.17, 15) is 0 Å². The van der Waals surface area contributed by atoms with E-state index < -0.39 is 0 Å². The number of hydrogen-bond acceptors (Lipinski definition) is 7. The second-order valence-electron chi connectivity index (χ2n) is 3.26. The van der Waals surface area contributed by atoms with Crippen molar-refractivity contribution in [3.8, 4) is 0 Å². The normalized spacial score (nSPS) is 7.76. The molecular formula is C8H27N5NiO3. The van der Waals surface area contributed by atoms with Crippen molar-refractivity contribution >= 4 is 0 Å². The van der Waals surface area contributed by atoms with Gasteiger partial charge in [-0.2, -0.15) is 0 Å². The van der Waals surface area contributed by atoms with E-state index in [0.29, 0.717) is 0 Å². The molecule has 0 aliphatic rings. The van der Waals surface area contributed by atoms with Crippen molar-refractivity contribution in [2.45, 2.75) is 0 Å². The van der Waals surface area contributed by atoms with Gasteiger partial charge in [-0.1, -0.05) is 0 Å². The van der Waals surface area contributed by atoms with Gasteiger partial charge in [-0.3, -0.25) is 0 Å². The van der Waals surface area contributed by atoms with Crippen LogP contribution in [0.4, 0.5) is 0 Å². The Labute approximate surface area is 113 Å². The molecule has 0 atom stereocenters. The van der Waals surface area contributed by atoms with Gasteiger partial charge in [-0.05, 0) is 28.2 Å². The fraction of sp³-hybridized carbons (Fsp3) is 1.00. The van der Waals surface area contributed by atoms with Crippen LogP contribution < -0.4 is 11.5 Å². The van der Waals surface area contributed by atoms with Crippen LogP contribution in [0, 0.1) is 10.1 Å². The van der Waals surface area contributed by atoms with Crippen LogP contribution in [0.2, 0.25) is 0 Å². The molecule has 0 aliphatic heterocycles. The summed E-state index contributed by atoms with van der Waals surface area (Å²) < 4.78 is 0. The molecule has 8 nitrogen and oxygen atoms in total. The monoisotopic (exact) mass is 299 g/mol. The molecule has 0 aliphatic carbocycles. The third-order valence-electron chi connectivity index (χ3n) is 1.15. The first-order chi connectivity index (χ1) is 6.95. The molecule has 0 bridgehead atoms. The van der Waals surface area contributed by atoms with E-state index in [-0.39, 0.29) is 22.0 Å². The van der Waals surface area contributed by atoms with Gasteiger partial charge < -0.3 is 36.9 Å². The Morgan fingerprint density at radius 3 is 1.18 bits per heavy atom. The maximum atomic E-state index is 8.00. The zero-order chi connectivity index (χ0) is 12.7. The van der Waals surface area contributed by atoms with E-state index in [2.05, 4.69) is 9.80 Å². The molecule has 112 valence electrons. The molecule has 0 rings (SSSR count). The molecular weight excluding hydrogens is 273 g/mol. The van der Waals surface area contributed by atoms with Gasteiger partial charge in [-0.25, -0.2) is 0 Å². The van der Waals surface area contributed by atoms with E-state index in [1.54, 1.807) is 0 Å². The fourth-order valence-corrected chi connectivity index (χ4v) is 0.516. The van der Waals surface area contributed by atoms with Crippen molar-refractivity contribution in [2.24, 2.45) is 16.8 Å². The molecule has 0 heterocycles. The van der Waals surface area contributed by atoms with Crippen molar-refractivity contribution in [1.82, 2.24) is 9.80 Å². The molecule has 0 aromatic carbocycles. The van der Waals surface area contributed by atoms with E-state index in [1.165, 1.54) is 0 Å². The van der Waals surface area contributed by atoms with Gasteiger partial charge in [0.25, 0.3) is 0 Å². The smallest absolute Gasteiger partial charge is 0.00985 e. The standard InChI is InChI=1S/2C4H12N2.HNO2.Ni.H2O/c2*1-6(2)4-3-5;2-1-3;;/h2*3-5H2,1-2H3;(H,2,3);;1H2. The fourth-order valence-electron chi connectivity index (χ4n) is 0.516. The predicted octanol–water partition coefficient (Wildman–Crippen LogP) is -1.66. The molecule has 0 fully saturated rings. The average molecular weight is 300 g/mol. The van der Waals surface area contributed by atoms with Crippen LogP contribution >= 0.6 is 0 Å². The number of rotatable bonds is 4. The summed E-state index contributed by atoms with van der Waals surface area (Å²) in [5.41, 5.74) is 10.4. The Morgan fingerprint density at radius 1 is 1.00 bits per heavy atom. The second-order valence-corrected chi connectivity index (χ2v) is 3.26. The molecule has 0 aromatic heterocycles. The van der Waals surface area contributed by atoms with Gasteiger partial charge in [0.1, 0.15) is 0 Å². The molecule has 7 N–H and O–H groups in total. The Hall–Kier alpha value is -0.306. The van der Waals surface area contributed by atoms with Crippen molar-refractivity contribution in [3.05, 3.63) is 10.1 Å². The Morgan fingerprint density at radius 2 is 1.18 bits per heavy atom. The van der Waals surface area contributed by atoms with E-state index in [1.807, 2.05) is 28.2 Å². The van der Waals surface area contributed by atoms with Crippen LogP contribution in [0.15, 0.2) is 5.34 Å². The number of nitrogens with zero attached hydrogens (tertiary/aromatic N) is 3. The summed E-state index contributed by atoms with van der Waals surface area (Å²) in [6.45, 7) is 3.49. The van der Waals surface area contributed by atoms with Gasteiger partial charge in [0.2, 0.25) is 0 Å². The Balaban J connectivity index is -0.0000000421. The minimum absolute atomic E-state index is 0. The maximum absolute atomic E-state index is 8.00. The quantitative estimate of drug-likeness (QED) is 0.275. The van der Waals surface area contributed by atoms with Crippen LogP contribution in [0.1, 0.15) is 0 Å². The Bertz CT molecular complexity index is 109. The van der Waals surface area contributed by atoms with E-state index in [0.717, 1.165) is 31.5 Å². The van der Waals surface area contributed by atoms with Crippen molar-refractivity contribution < 1.29 is 22.0 Å². The van der Waals surface area contributed by atoms with Gasteiger partial charge in [0.05, 0.1) is 0 Å². The largest absolute Gasteiger partial charge is 0.457 e. The molecule has 0 unspecified atom stereocenters. The van der Waals surface area contributed by atoms with Crippen molar-refractivity contribution in [3.63, 3.8) is 0 Å². The van der Waals surface area contributed by atoms with Crippen LogP contribution in [0.5, 0.6) is 0 Å². The predicted molar refractivity (Wildman–Crippen MR) is 69.3 cm³/mol. The van der Waals surface area contributed by atoms with Crippen LogP contribution in [0.3, 0.4) is 0 Å². The summed E-state index contributed by atoms with van der Waals surface area (Å²) in [5, 5.41) is 9.00. The zero-order valence-corrected chi connectivity index (χ0v) is 12.0. The molecule has 0 saturated heterocycles. The number of hydrogen-bond donors (Lipinski definition) is 2. The van der Waals surface area contributed by atoms with Crippen molar-refractivity contribution in [2.75, 3.05) is 54.4 Å². The van der Waals surface area contributed by atoms with Gasteiger partial charge in [0, 0.05) is 42.7 Å². The average Bonchev–Trinajstić information content (AvgIpc) is 2.05. The molecule has 17 heavy (non-hydrogen) atoms. The first-order valence-corrected chi connectivity index (χ1v) is 4.60. The van der Waals surface area contributed by atoms with Crippen molar-refractivity contribution in [1.29, 1.82) is 0 Å². The molecule has 0 saturated carbocycles. The van der Waals surface area contributed by atoms with Crippen LogP contribution in [-0.4, -0.2) is 64.2 Å². The first kappa shape index (κ1) is 30.1. The first-order valence-electron chi connectivity index (χ1n) is 4.60. The second kappa shape index (κ2) is 29.6. The third-order valence-corrected chi connectivity index (χ3v) is 1.15. The maximum Gasteiger partial charge on any atom is 0.00985 e. The molecule has 0 radical (unpaired) electrons. The van der Waals surface area contributed by atoms with E-state index >= 15 is 0 Å². The minimum Gasteiger partial charge on any atom is -0.457 e. The summed E-state index contributed by atoms with van der Waals surface area (Å²) in [6.07, 6.45) is 0. The topological polar surface area (TPSA) is 144 Å². The summed E-state index contributed by atoms with van der Waals surface area (Å²) in [5.74, 6) is 0.